The lowest BCUT2D eigenvalue weighted by atomic mass is 9.58. The van der Waals surface area contributed by atoms with Gasteiger partial charge in [-0.1, -0.05) is 12.1 Å². The minimum Gasteiger partial charge on any atom is -0.497 e. The Morgan fingerprint density at radius 2 is 1.86 bits per heavy atom. The Kier molecular flexibility index (Phi) is 4.47. The Balaban J connectivity index is 1.64. The first-order valence-corrected chi connectivity index (χ1v) is 10.4. The van der Waals surface area contributed by atoms with Crippen molar-refractivity contribution in [1.82, 2.24) is 9.88 Å². The number of likely N-dealkylation sites (tertiary alicyclic amines) is 1. The number of fused-ring (bicyclic) bond motifs is 3. The molecule has 2 aromatic carbocycles. The second-order valence-corrected chi connectivity index (χ2v) is 8.63. The lowest BCUT2D eigenvalue weighted by Crippen LogP contribution is -2.53. The largest absolute Gasteiger partial charge is 0.497 e. The Bertz CT molecular complexity index is 1060. The second-order valence-electron chi connectivity index (χ2n) is 8.63. The number of hydrogen-bond acceptors (Lipinski definition) is 4. The summed E-state index contributed by atoms with van der Waals surface area (Å²) in [5.41, 5.74) is 5.19. The maximum atomic E-state index is 5.56. The molecule has 1 saturated heterocycles. The van der Waals surface area contributed by atoms with Gasteiger partial charge in [-0.3, -0.25) is 4.98 Å². The smallest absolute Gasteiger partial charge is 0.121 e. The molecule has 0 spiro atoms. The Morgan fingerprint density at radius 3 is 2.69 bits per heavy atom. The normalized spacial score (nSPS) is 24.0. The lowest BCUT2D eigenvalue weighted by molar-refractivity contribution is 0.0987. The van der Waals surface area contributed by atoms with E-state index in [1.807, 2.05) is 12.1 Å². The third kappa shape index (κ3) is 3.06. The highest BCUT2D eigenvalue weighted by Gasteiger charge is 2.47. The zero-order chi connectivity index (χ0) is 20.0. The van der Waals surface area contributed by atoms with Gasteiger partial charge in [-0.25, -0.2) is 0 Å². The van der Waals surface area contributed by atoms with Crippen LogP contribution in [0.15, 0.2) is 48.5 Å². The second kappa shape index (κ2) is 7.03. The van der Waals surface area contributed by atoms with Crippen LogP contribution in [0.3, 0.4) is 0 Å². The minimum atomic E-state index is 0.119. The van der Waals surface area contributed by atoms with E-state index >= 15 is 0 Å². The predicted octanol–water partition coefficient (Wildman–Crippen LogP) is 4.24. The highest BCUT2D eigenvalue weighted by Crippen LogP contribution is 2.48. The predicted molar refractivity (Wildman–Crippen MR) is 116 cm³/mol. The first-order valence-electron chi connectivity index (χ1n) is 10.4. The maximum Gasteiger partial charge on any atom is 0.121 e. The SMILES string of the molecule is COc1cccc([C@@]23CCN(C)C[C@@H]2Cc2cc4ccc(OC)cc4nc2C3)c1. The van der Waals surface area contributed by atoms with Crippen molar-refractivity contribution in [2.24, 2.45) is 5.92 Å². The van der Waals surface area contributed by atoms with Crippen molar-refractivity contribution in [2.75, 3.05) is 34.4 Å². The van der Waals surface area contributed by atoms with Crippen molar-refractivity contribution in [3.05, 3.63) is 65.4 Å². The van der Waals surface area contributed by atoms with Gasteiger partial charge < -0.3 is 14.4 Å². The van der Waals surface area contributed by atoms with E-state index in [4.69, 9.17) is 14.5 Å². The minimum absolute atomic E-state index is 0.119. The Hall–Kier alpha value is -2.59. The number of hydrogen-bond donors (Lipinski definition) is 0. The van der Waals surface area contributed by atoms with Gasteiger partial charge >= 0.3 is 0 Å². The molecule has 0 amide bonds. The van der Waals surface area contributed by atoms with E-state index in [-0.39, 0.29) is 5.41 Å². The summed E-state index contributed by atoms with van der Waals surface area (Å²) in [4.78, 5) is 7.60. The molecule has 0 bridgehead atoms. The molecule has 3 aromatic rings. The maximum absolute atomic E-state index is 5.56. The topological polar surface area (TPSA) is 34.6 Å². The van der Waals surface area contributed by atoms with E-state index in [9.17, 15) is 0 Å². The molecule has 2 aliphatic rings. The molecule has 1 aliphatic heterocycles. The van der Waals surface area contributed by atoms with Gasteiger partial charge in [0.1, 0.15) is 11.5 Å². The third-order valence-corrected chi connectivity index (χ3v) is 7.04. The van der Waals surface area contributed by atoms with Crippen molar-refractivity contribution in [2.45, 2.75) is 24.7 Å². The highest BCUT2D eigenvalue weighted by atomic mass is 16.5. The summed E-state index contributed by atoms with van der Waals surface area (Å²) in [6.45, 7) is 2.24. The number of piperidine rings is 1. The summed E-state index contributed by atoms with van der Waals surface area (Å²) in [6, 6.07) is 17.2. The number of pyridine rings is 1. The van der Waals surface area contributed by atoms with E-state index in [1.165, 1.54) is 22.2 Å². The number of rotatable bonds is 3. The Morgan fingerprint density at radius 1 is 1.03 bits per heavy atom. The number of benzene rings is 2. The number of ether oxygens (including phenoxy) is 2. The molecular formula is C25H28N2O2. The zero-order valence-electron chi connectivity index (χ0n) is 17.4. The number of methoxy groups -OCH3 is 2. The average Bonchev–Trinajstić information content (AvgIpc) is 2.76. The molecule has 4 heteroatoms. The van der Waals surface area contributed by atoms with Gasteiger partial charge in [0.15, 0.2) is 0 Å². The summed E-state index contributed by atoms with van der Waals surface area (Å²) in [5, 5.41) is 1.20. The van der Waals surface area contributed by atoms with Crippen LogP contribution >= 0.6 is 0 Å². The molecule has 2 atom stereocenters. The van der Waals surface area contributed by atoms with Gasteiger partial charge in [0, 0.05) is 35.5 Å². The van der Waals surface area contributed by atoms with Crippen LogP contribution in [0.4, 0.5) is 0 Å². The van der Waals surface area contributed by atoms with Crippen LogP contribution < -0.4 is 9.47 Å². The van der Waals surface area contributed by atoms with Crippen LogP contribution in [0, 0.1) is 5.92 Å². The van der Waals surface area contributed by atoms with Crippen molar-refractivity contribution in [3.63, 3.8) is 0 Å². The summed E-state index contributed by atoms with van der Waals surface area (Å²) in [7, 11) is 5.70. The van der Waals surface area contributed by atoms with Gasteiger partial charge in [0.2, 0.25) is 0 Å². The summed E-state index contributed by atoms with van der Waals surface area (Å²) in [5.74, 6) is 2.38. The Labute approximate surface area is 172 Å². The molecule has 5 rings (SSSR count). The average molecular weight is 389 g/mol. The number of nitrogens with zero attached hydrogens (tertiary/aromatic N) is 2. The fourth-order valence-electron chi connectivity index (χ4n) is 5.40. The van der Waals surface area contributed by atoms with Crippen molar-refractivity contribution < 1.29 is 9.47 Å². The fraction of sp³-hybridized carbons (Fsp3) is 0.400. The first-order chi connectivity index (χ1) is 14.1. The molecule has 0 radical (unpaired) electrons. The van der Waals surface area contributed by atoms with Gasteiger partial charge in [-0.15, -0.1) is 0 Å². The van der Waals surface area contributed by atoms with E-state index in [0.29, 0.717) is 5.92 Å². The highest BCUT2D eigenvalue weighted by molar-refractivity contribution is 5.81. The van der Waals surface area contributed by atoms with E-state index < -0.39 is 0 Å². The quantitative estimate of drug-likeness (QED) is 0.672. The van der Waals surface area contributed by atoms with Gasteiger partial charge in [-0.05, 0) is 73.8 Å². The van der Waals surface area contributed by atoms with Gasteiger partial charge in [0.25, 0.3) is 0 Å². The molecule has 2 heterocycles. The molecule has 150 valence electrons. The number of aromatic nitrogens is 1. The zero-order valence-corrected chi connectivity index (χ0v) is 17.4. The van der Waals surface area contributed by atoms with Crippen LogP contribution in [0.2, 0.25) is 0 Å². The summed E-state index contributed by atoms with van der Waals surface area (Å²) >= 11 is 0. The molecule has 1 aromatic heterocycles. The van der Waals surface area contributed by atoms with E-state index in [1.54, 1.807) is 14.2 Å². The molecule has 0 N–H and O–H groups in total. The third-order valence-electron chi connectivity index (χ3n) is 7.04. The van der Waals surface area contributed by atoms with Crippen LogP contribution in [-0.4, -0.2) is 44.2 Å². The lowest BCUT2D eigenvalue weighted by Gasteiger charge is -2.50. The molecule has 0 unspecified atom stereocenters. The fourth-order valence-corrected chi connectivity index (χ4v) is 5.40. The van der Waals surface area contributed by atoms with Crippen LogP contribution in [-0.2, 0) is 18.3 Å². The standard InChI is InChI=1S/C25H28N2O2/c1-27-10-9-25(19-5-4-6-21(13-19)28-2)15-24-18(12-20(25)16-27)11-17-7-8-22(29-3)14-23(17)26-24/h4-8,11,13-14,20H,9-10,12,15-16H2,1-3H3/t20-,25-/m0/s1. The molecule has 29 heavy (non-hydrogen) atoms. The summed E-state index contributed by atoms with van der Waals surface area (Å²) in [6.07, 6.45) is 3.21. The van der Waals surface area contributed by atoms with Crippen molar-refractivity contribution in [3.8, 4) is 11.5 Å². The van der Waals surface area contributed by atoms with Crippen LogP contribution in [0.1, 0.15) is 23.2 Å². The van der Waals surface area contributed by atoms with Gasteiger partial charge in [-0.2, -0.15) is 0 Å². The monoisotopic (exact) mass is 388 g/mol. The molecule has 0 saturated carbocycles. The van der Waals surface area contributed by atoms with Crippen LogP contribution in [0.5, 0.6) is 11.5 Å². The van der Waals surface area contributed by atoms with E-state index in [2.05, 4.69) is 48.3 Å². The molecule has 1 aliphatic carbocycles. The van der Waals surface area contributed by atoms with Crippen molar-refractivity contribution in [1.29, 1.82) is 0 Å². The molecule has 1 fully saturated rings. The summed E-state index contributed by atoms with van der Waals surface area (Å²) < 4.78 is 11.0. The van der Waals surface area contributed by atoms with Crippen LogP contribution in [0.25, 0.3) is 10.9 Å². The molecular weight excluding hydrogens is 360 g/mol. The molecule has 4 nitrogen and oxygen atoms in total. The first kappa shape index (κ1) is 18.4. The van der Waals surface area contributed by atoms with E-state index in [0.717, 1.165) is 49.4 Å². The van der Waals surface area contributed by atoms with Crippen molar-refractivity contribution >= 4 is 10.9 Å². The van der Waals surface area contributed by atoms with Gasteiger partial charge in [0.05, 0.1) is 19.7 Å².